The first-order chi connectivity index (χ1) is 12.4. The number of rotatable bonds is 6. The number of esters is 1. The molecule has 2 amide bonds. The molecule has 7 heteroatoms. The zero-order valence-corrected chi connectivity index (χ0v) is 15.2. The molecule has 0 fully saturated rings. The lowest BCUT2D eigenvalue weighted by molar-refractivity contribution is -0.133. The van der Waals surface area contributed by atoms with Gasteiger partial charge in [-0.05, 0) is 23.8 Å². The Morgan fingerprint density at radius 1 is 1.08 bits per heavy atom. The molecule has 0 aliphatic rings. The van der Waals surface area contributed by atoms with Crippen LogP contribution in [0.25, 0.3) is 0 Å². The third-order valence-corrected chi connectivity index (χ3v) is 4.07. The molecule has 0 heterocycles. The summed E-state index contributed by atoms with van der Waals surface area (Å²) in [7, 11) is 1.27. The third-order valence-electron chi connectivity index (χ3n) is 3.71. The van der Waals surface area contributed by atoms with Gasteiger partial charge in [0.15, 0.2) is 0 Å². The van der Waals surface area contributed by atoms with Crippen LogP contribution in [0.1, 0.15) is 22.8 Å². The van der Waals surface area contributed by atoms with Crippen molar-refractivity contribution in [2.24, 2.45) is 0 Å². The van der Waals surface area contributed by atoms with Crippen molar-refractivity contribution in [1.82, 2.24) is 4.90 Å². The topological polar surface area (TPSA) is 75.7 Å². The van der Waals surface area contributed by atoms with Crippen LogP contribution in [-0.4, -0.2) is 36.3 Å². The second kappa shape index (κ2) is 9.01. The molecule has 0 aliphatic heterocycles. The summed E-state index contributed by atoms with van der Waals surface area (Å²) in [6.07, 6.45) is 0. The van der Waals surface area contributed by atoms with Crippen LogP contribution in [0.3, 0.4) is 0 Å². The molecule has 2 aromatic carbocycles. The van der Waals surface area contributed by atoms with Crippen molar-refractivity contribution < 1.29 is 19.1 Å². The van der Waals surface area contributed by atoms with Gasteiger partial charge in [-0.3, -0.25) is 9.59 Å². The van der Waals surface area contributed by atoms with E-state index in [9.17, 15) is 14.4 Å². The van der Waals surface area contributed by atoms with Gasteiger partial charge in [0.05, 0.1) is 18.4 Å². The summed E-state index contributed by atoms with van der Waals surface area (Å²) in [5.41, 5.74) is 1.31. The molecule has 0 unspecified atom stereocenters. The molecule has 2 aromatic rings. The molecule has 26 heavy (non-hydrogen) atoms. The van der Waals surface area contributed by atoms with E-state index in [4.69, 9.17) is 16.3 Å². The van der Waals surface area contributed by atoms with Crippen molar-refractivity contribution in [2.75, 3.05) is 19.0 Å². The number of methoxy groups -OCH3 is 1. The number of carbonyl (C=O) groups excluding carboxylic acids is 3. The first-order valence-corrected chi connectivity index (χ1v) is 8.26. The minimum Gasteiger partial charge on any atom is -0.465 e. The molecular weight excluding hydrogens is 356 g/mol. The van der Waals surface area contributed by atoms with Crippen molar-refractivity contribution in [3.63, 3.8) is 0 Å². The highest BCUT2D eigenvalue weighted by Gasteiger charge is 2.18. The standard InChI is InChI=1S/C19H19ClN2O4/c1-13(23)22(11-14-7-3-5-9-16(14)20)12-18(24)21-17-10-6-4-8-15(17)19(25)26-2/h3-10H,11-12H2,1-2H3,(H,21,24). The molecule has 6 nitrogen and oxygen atoms in total. The van der Waals surface area contributed by atoms with Gasteiger partial charge in [0.2, 0.25) is 11.8 Å². The number of halogens is 1. The van der Waals surface area contributed by atoms with Crippen LogP contribution in [0.2, 0.25) is 5.02 Å². The Morgan fingerprint density at radius 3 is 2.38 bits per heavy atom. The first-order valence-electron chi connectivity index (χ1n) is 7.88. The average molecular weight is 375 g/mol. The van der Waals surface area contributed by atoms with Gasteiger partial charge in [0.1, 0.15) is 6.54 Å². The zero-order chi connectivity index (χ0) is 19.1. The van der Waals surface area contributed by atoms with E-state index in [1.165, 1.54) is 18.9 Å². The maximum absolute atomic E-state index is 12.4. The number of nitrogens with zero attached hydrogens (tertiary/aromatic N) is 1. The van der Waals surface area contributed by atoms with Crippen molar-refractivity contribution >= 4 is 35.1 Å². The molecule has 0 atom stereocenters. The summed E-state index contributed by atoms with van der Waals surface area (Å²) in [5.74, 6) is -1.25. The lowest BCUT2D eigenvalue weighted by atomic mass is 10.1. The Kier molecular flexibility index (Phi) is 6.74. The quantitative estimate of drug-likeness (QED) is 0.788. The van der Waals surface area contributed by atoms with E-state index < -0.39 is 11.9 Å². The molecule has 0 saturated heterocycles. The summed E-state index contributed by atoms with van der Waals surface area (Å²) in [4.78, 5) is 37.4. The van der Waals surface area contributed by atoms with Gasteiger partial charge < -0.3 is 15.0 Å². The molecule has 2 rings (SSSR count). The van der Waals surface area contributed by atoms with E-state index in [0.717, 1.165) is 5.56 Å². The van der Waals surface area contributed by atoms with Crippen LogP contribution in [0.15, 0.2) is 48.5 Å². The number of hydrogen-bond acceptors (Lipinski definition) is 4. The monoisotopic (exact) mass is 374 g/mol. The number of hydrogen-bond donors (Lipinski definition) is 1. The Morgan fingerprint density at radius 2 is 1.73 bits per heavy atom. The third kappa shape index (κ3) is 5.07. The van der Waals surface area contributed by atoms with E-state index in [0.29, 0.717) is 10.7 Å². The predicted octanol–water partition coefficient (Wildman–Crippen LogP) is 3.11. The van der Waals surface area contributed by atoms with Gasteiger partial charge in [-0.15, -0.1) is 0 Å². The minimum atomic E-state index is -0.555. The van der Waals surface area contributed by atoms with Crippen LogP contribution in [0, 0.1) is 0 Å². The Hall–Kier alpha value is -2.86. The highest BCUT2D eigenvalue weighted by atomic mass is 35.5. The summed E-state index contributed by atoms with van der Waals surface area (Å²) in [5, 5.41) is 3.17. The number of anilines is 1. The normalized spacial score (nSPS) is 10.1. The summed E-state index contributed by atoms with van der Waals surface area (Å²) < 4.78 is 4.70. The molecule has 1 N–H and O–H groups in total. The Bertz CT molecular complexity index is 823. The number of carbonyl (C=O) groups is 3. The Balaban J connectivity index is 2.11. The van der Waals surface area contributed by atoms with Crippen LogP contribution >= 0.6 is 11.6 Å². The lowest BCUT2D eigenvalue weighted by Gasteiger charge is -2.21. The van der Waals surface area contributed by atoms with E-state index >= 15 is 0 Å². The predicted molar refractivity (Wildman–Crippen MR) is 99.0 cm³/mol. The van der Waals surface area contributed by atoms with Crippen LogP contribution in [0.4, 0.5) is 5.69 Å². The Labute approximate surface area is 156 Å². The summed E-state index contributed by atoms with van der Waals surface area (Å²) in [6, 6.07) is 13.6. The fourth-order valence-corrected chi connectivity index (χ4v) is 2.55. The van der Waals surface area contributed by atoms with E-state index in [1.807, 2.05) is 6.07 Å². The van der Waals surface area contributed by atoms with Gasteiger partial charge in [-0.2, -0.15) is 0 Å². The smallest absolute Gasteiger partial charge is 0.339 e. The SMILES string of the molecule is COC(=O)c1ccccc1NC(=O)CN(Cc1ccccc1Cl)C(C)=O. The van der Waals surface area contributed by atoms with E-state index in [-0.39, 0.29) is 24.6 Å². The van der Waals surface area contributed by atoms with Crippen LogP contribution < -0.4 is 5.32 Å². The summed E-state index contributed by atoms with van der Waals surface area (Å²) >= 11 is 6.12. The lowest BCUT2D eigenvalue weighted by Crippen LogP contribution is -2.36. The van der Waals surface area contributed by atoms with Crippen molar-refractivity contribution in [3.05, 3.63) is 64.7 Å². The maximum atomic E-state index is 12.4. The number of ether oxygens (including phenoxy) is 1. The summed E-state index contributed by atoms with van der Waals surface area (Å²) in [6.45, 7) is 1.42. The van der Waals surface area contributed by atoms with E-state index in [1.54, 1.807) is 42.5 Å². The van der Waals surface area contributed by atoms with Crippen LogP contribution in [0.5, 0.6) is 0 Å². The minimum absolute atomic E-state index is 0.171. The molecule has 0 radical (unpaired) electrons. The second-order valence-electron chi connectivity index (χ2n) is 5.55. The molecular formula is C19H19ClN2O4. The van der Waals surface area contributed by atoms with E-state index in [2.05, 4.69) is 5.32 Å². The highest BCUT2D eigenvalue weighted by molar-refractivity contribution is 6.31. The van der Waals surface area contributed by atoms with Crippen molar-refractivity contribution in [1.29, 1.82) is 0 Å². The molecule has 0 bridgehead atoms. The molecule has 0 aliphatic carbocycles. The molecule has 0 saturated carbocycles. The van der Waals surface area contributed by atoms with Crippen molar-refractivity contribution in [2.45, 2.75) is 13.5 Å². The first kappa shape index (κ1) is 19.5. The molecule has 0 spiro atoms. The van der Waals surface area contributed by atoms with Gasteiger partial charge in [-0.1, -0.05) is 41.9 Å². The molecule has 0 aromatic heterocycles. The maximum Gasteiger partial charge on any atom is 0.339 e. The fraction of sp³-hybridized carbons (Fsp3) is 0.211. The van der Waals surface area contributed by atoms with Gasteiger partial charge >= 0.3 is 5.97 Å². The van der Waals surface area contributed by atoms with Gasteiger partial charge in [0, 0.05) is 18.5 Å². The number of para-hydroxylation sites is 1. The zero-order valence-electron chi connectivity index (χ0n) is 14.5. The average Bonchev–Trinajstić information content (AvgIpc) is 2.62. The highest BCUT2D eigenvalue weighted by Crippen LogP contribution is 2.18. The van der Waals surface area contributed by atoms with Gasteiger partial charge in [0.25, 0.3) is 0 Å². The fourth-order valence-electron chi connectivity index (χ4n) is 2.35. The molecule has 136 valence electrons. The largest absolute Gasteiger partial charge is 0.465 e. The number of benzene rings is 2. The van der Waals surface area contributed by atoms with Crippen molar-refractivity contribution in [3.8, 4) is 0 Å². The van der Waals surface area contributed by atoms with Crippen LogP contribution in [-0.2, 0) is 20.9 Å². The second-order valence-corrected chi connectivity index (χ2v) is 5.96. The number of nitrogens with one attached hydrogen (secondary N) is 1. The van der Waals surface area contributed by atoms with Gasteiger partial charge in [-0.25, -0.2) is 4.79 Å². The number of amides is 2.